The molecule has 1 aromatic heterocycles. The number of ether oxygens (including phenoxy) is 1. The summed E-state index contributed by atoms with van der Waals surface area (Å²) in [5.74, 6) is -0.443. The van der Waals surface area contributed by atoms with Crippen molar-refractivity contribution in [3.63, 3.8) is 0 Å². The highest BCUT2D eigenvalue weighted by molar-refractivity contribution is 5.84. The molecule has 1 fully saturated rings. The second kappa shape index (κ2) is 7.51. The number of aliphatic imine (C=N–C) groups is 1. The number of nitrogen functional groups attached to an aromatic ring is 1. The van der Waals surface area contributed by atoms with Crippen molar-refractivity contribution in [1.82, 2.24) is 9.97 Å². The van der Waals surface area contributed by atoms with Crippen molar-refractivity contribution in [2.24, 2.45) is 4.99 Å². The largest absolute Gasteiger partial charge is 0.507 e. The molecule has 3 N–H and O–H groups in total. The molecule has 0 aliphatic carbocycles. The lowest BCUT2D eigenvalue weighted by Crippen LogP contribution is -2.18. The van der Waals surface area contributed by atoms with Gasteiger partial charge in [0.1, 0.15) is 11.4 Å². The molecule has 1 saturated heterocycles. The number of hydrogen-bond acceptors (Lipinski definition) is 6. The number of phenols is 1. The smallest absolute Gasteiger partial charge is 0.416 e. The minimum Gasteiger partial charge on any atom is -0.507 e. The van der Waals surface area contributed by atoms with Crippen LogP contribution in [-0.4, -0.2) is 40.5 Å². The molecule has 0 bridgehead atoms. The van der Waals surface area contributed by atoms with Crippen LogP contribution in [0.5, 0.6) is 5.75 Å². The number of nitrogens with two attached hydrogens (primary N) is 1. The van der Waals surface area contributed by atoms with E-state index in [1.165, 1.54) is 13.1 Å². The van der Waals surface area contributed by atoms with Crippen LogP contribution in [0.4, 0.5) is 19.0 Å². The Bertz CT molecular complexity index is 839. The number of anilines is 1. The van der Waals surface area contributed by atoms with Crippen LogP contribution in [0.2, 0.25) is 0 Å². The monoisotopic (exact) mass is 380 g/mol. The first kappa shape index (κ1) is 19.1. The first-order valence-corrected chi connectivity index (χ1v) is 8.40. The van der Waals surface area contributed by atoms with Crippen molar-refractivity contribution < 1.29 is 23.0 Å². The third-order valence-electron chi connectivity index (χ3n) is 4.33. The van der Waals surface area contributed by atoms with Gasteiger partial charge < -0.3 is 15.6 Å². The van der Waals surface area contributed by atoms with E-state index in [0.717, 1.165) is 18.9 Å². The predicted molar refractivity (Wildman–Crippen MR) is 94.7 cm³/mol. The SMILES string of the molecule is Cc1cc(C(F)(F)F)cc(O)c1-c1cnc(C=NC2CCOCC2)c(N)n1. The molecule has 3 rings (SSSR count). The van der Waals surface area contributed by atoms with Crippen LogP contribution in [0, 0.1) is 6.92 Å². The summed E-state index contributed by atoms with van der Waals surface area (Å²) in [4.78, 5) is 12.8. The van der Waals surface area contributed by atoms with Crippen molar-refractivity contribution in [3.05, 3.63) is 35.2 Å². The van der Waals surface area contributed by atoms with E-state index >= 15 is 0 Å². The van der Waals surface area contributed by atoms with Gasteiger partial charge in [-0.2, -0.15) is 13.2 Å². The summed E-state index contributed by atoms with van der Waals surface area (Å²) in [5, 5.41) is 10.1. The number of alkyl halides is 3. The Balaban J connectivity index is 1.88. The van der Waals surface area contributed by atoms with Gasteiger partial charge in [-0.05, 0) is 37.5 Å². The van der Waals surface area contributed by atoms with Crippen molar-refractivity contribution in [1.29, 1.82) is 0 Å². The molecule has 0 radical (unpaired) electrons. The summed E-state index contributed by atoms with van der Waals surface area (Å²) in [6.07, 6.45) is -0.00436. The fourth-order valence-electron chi connectivity index (χ4n) is 2.91. The van der Waals surface area contributed by atoms with Crippen molar-refractivity contribution in [2.45, 2.75) is 32.0 Å². The Morgan fingerprint density at radius 3 is 2.59 bits per heavy atom. The second-order valence-corrected chi connectivity index (χ2v) is 6.33. The molecule has 0 amide bonds. The molecule has 9 heteroatoms. The molecule has 27 heavy (non-hydrogen) atoms. The summed E-state index contributed by atoms with van der Waals surface area (Å²) in [6, 6.07) is 1.76. The Morgan fingerprint density at radius 2 is 2.00 bits per heavy atom. The van der Waals surface area contributed by atoms with E-state index in [0.29, 0.717) is 25.0 Å². The zero-order valence-corrected chi connectivity index (χ0v) is 14.6. The molecule has 0 spiro atoms. The van der Waals surface area contributed by atoms with E-state index in [-0.39, 0.29) is 28.7 Å². The van der Waals surface area contributed by atoms with Gasteiger partial charge in [0, 0.05) is 18.8 Å². The van der Waals surface area contributed by atoms with Crippen LogP contribution in [0.25, 0.3) is 11.3 Å². The van der Waals surface area contributed by atoms with E-state index in [1.54, 1.807) is 6.21 Å². The van der Waals surface area contributed by atoms with Crippen molar-refractivity contribution in [2.75, 3.05) is 18.9 Å². The molecule has 0 unspecified atom stereocenters. The predicted octanol–water partition coefficient (Wildman–Crippen LogP) is 3.36. The normalized spacial score (nSPS) is 16.1. The van der Waals surface area contributed by atoms with Gasteiger partial charge in [-0.25, -0.2) is 9.97 Å². The van der Waals surface area contributed by atoms with E-state index in [2.05, 4.69) is 15.0 Å². The molecular weight excluding hydrogens is 361 g/mol. The summed E-state index contributed by atoms with van der Waals surface area (Å²) in [5.41, 5.74) is 5.94. The van der Waals surface area contributed by atoms with Crippen LogP contribution in [-0.2, 0) is 10.9 Å². The van der Waals surface area contributed by atoms with Gasteiger partial charge in [0.2, 0.25) is 0 Å². The van der Waals surface area contributed by atoms with Gasteiger partial charge in [-0.1, -0.05) is 0 Å². The van der Waals surface area contributed by atoms with Gasteiger partial charge in [0.05, 0.1) is 29.7 Å². The maximum Gasteiger partial charge on any atom is 0.416 e. The van der Waals surface area contributed by atoms with E-state index in [9.17, 15) is 18.3 Å². The van der Waals surface area contributed by atoms with E-state index in [4.69, 9.17) is 10.5 Å². The van der Waals surface area contributed by atoms with Gasteiger partial charge in [0.15, 0.2) is 5.82 Å². The lowest BCUT2D eigenvalue weighted by molar-refractivity contribution is -0.137. The Hall–Kier alpha value is -2.68. The molecule has 0 saturated carbocycles. The van der Waals surface area contributed by atoms with Crippen LogP contribution in [0.1, 0.15) is 29.7 Å². The lowest BCUT2D eigenvalue weighted by Gasteiger charge is -2.18. The maximum absolute atomic E-state index is 12.9. The Labute approximate surface area is 153 Å². The first-order chi connectivity index (χ1) is 12.8. The highest BCUT2D eigenvalue weighted by atomic mass is 19.4. The van der Waals surface area contributed by atoms with E-state index < -0.39 is 17.5 Å². The van der Waals surface area contributed by atoms with Crippen LogP contribution < -0.4 is 5.73 Å². The lowest BCUT2D eigenvalue weighted by atomic mass is 10.0. The maximum atomic E-state index is 12.9. The topological polar surface area (TPSA) is 93.6 Å². The van der Waals surface area contributed by atoms with Crippen LogP contribution in [0.15, 0.2) is 23.3 Å². The van der Waals surface area contributed by atoms with Crippen LogP contribution in [0.3, 0.4) is 0 Å². The summed E-state index contributed by atoms with van der Waals surface area (Å²) >= 11 is 0. The first-order valence-electron chi connectivity index (χ1n) is 8.40. The molecule has 144 valence electrons. The fourth-order valence-corrected chi connectivity index (χ4v) is 2.91. The third-order valence-corrected chi connectivity index (χ3v) is 4.33. The fraction of sp³-hybridized carbons (Fsp3) is 0.389. The number of halogens is 3. The number of benzene rings is 1. The number of hydrogen-bond donors (Lipinski definition) is 2. The van der Waals surface area contributed by atoms with Gasteiger partial charge in [-0.3, -0.25) is 4.99 Å². The number of rotatable bonds is 3. The van der Waals surface area contributed by atoms with E-state index in [1.807, 2.05) is 0 Å². The Kier molecular flexibility index (Phi) is 5.31. The minimum atomic E-state index is -4.55. The zero-order chi connectivity index (χ0) is 19.6. The number of phenolic OH excluding ortho intramolecular Hbond substituents is 1. The number of aromatic nitrogens is 2. The van der Waals surface area contributed by atoms with Crippen molar-refractivity contribution >= 4 is 12.0 Å². The average Bonchev–Trinajstić information content (AvgIpc) is 2.60. The highest BCUT2D eigenvalue weighted by Crippen LogP contribution is 2.38. The number of aryl methyl sites for hydroxylation is 1. The van der Waals surface area contributed by atoms with Gasteiger partial charge in [0.25, 0.3) is 0 Å². The molecule has 1 aliphatic rings. The minimum absolute atomic E-state index is 0.0852. The highest BCUT2D eigenvalue weighted by Gasteiger charge is 2.32. The molecule has 2 aromatic rings. The van der Waals surface area contributed by atoms with Gasteiger partial charge >= 0.3 is 6.18 Å². The second-order valence-electron chi connectivity index (χ2n) is 6.33. The molecule has 1 aliphatic heterocycles. The van der Waals surface area contributed by atoms with Gasteiger partial charge in [-0.15, -0.1) is 0 Å². The molecule has 1 aromatic carbocycles. The summed E-state index contributed by atoms with van der Waals surface area (Å²) in [6.45, 7) is 2.78. The standard InChI is InChI=1S/C18H19F3N4O2/c1-10-6-11(18(19,20)21)7-15(26)16(10)13-8-24-14(17(22)25-13)9-23-12-2-4-27-5-3-12/h6-9,12,26H,2-5H2,1H3,(H2,22,25). The molecule has 2 heterocycles. The Morgan fingerprint density at radius 1 is 1.30 bits per heavy atom. The zero-order valence-electron chi connectivity index (χ0n) is 14.6. The molecule has 6 nitrogen and oxygen atoms in total. The summed E-state index contributed by atoms with van der Waals surface area (Å²) < 4.78 is 43.8. The average molecular weight is 380 g/mol. The number of nitrogens with zero attached hydrogens (tertiary/aromatic N) is 3. The summed E-state index contributed by atoms with van der Waals surface area (Å²) in [7, 11) is 0. The molecule has 0 atom stereocenters. The molecular formula is C18H19F3N4O2. The van der Waals surface area contributed by atoms with Crippen molar-refractivity contribution in [3.8, 4) is 17.0 Å². The quantitative estimate of drug-likeness (QED) is 0.797. The number of aromatic hydroxyl groups is 1. The third kappa shape index (κ3) is 4.36. The van der Waals surface area contributed by atoms with Crippen LogP contribution >= 0.6 is 0 Å².